The van der Waals surface area contributed by atoms with Crippen molar-refractivity contribution in [2.24, 2.45) is 4.99 Å². The molecule has 0 aliphatic carbocycles. The third-order valence-electron chi connectivity index (χ3n) is 2.59. The lowest BCUT2D eigenvalue weighted by atomic mass is 10.4. The number of hydrogen-bond donors (Lipinski definition) is 2. The van der Waals surface area contributed by atoms with Crippen molar-refractivity contribution in [1.29, 1.82) is 0 Å². The van der Waals surface area contributed by atoms with Crippen LogP contribution >= 0.6 is 24.0 Å². The van der Waals surface area contributed by atoms with Gasteiger partial charge in [0.05, 0.1) is 13.2 Å². The minimum absolute atomic E-state index is 0. The Labute approximate surface area is 121 Å². The maximum absolute atomic E-state index is 5.30. The molecule has 1 aliphatic heterocycles. The first-order valence-corrected chi connectivity index (χ1v) is 6.11. The molecule has 0 saturated carbocycles. The molecule has 0 spiro atoms. The van der Waals surface area contributed by atoms with Crippen LogP contribution in [0.5, 0.6) is 0 Å². The molecule has 2 N–H and O–H groups in total. The molecule has 0 bridgehead atoms. The second kappa shape index (κ2) is 11.0. The lowest BCUT2D eigenvalue weighted by Gasteiger charge is -2.26. The minimum atomic E-state index is 0. The van der Waals surface area contributed by atoms with E-state index in [1.54, 1.807) is 7.05 Å². The first-order valence-electron chi connectivity index (χ1n) is 6.11. The largest absolute Gasteiger partial charge is 0.379 e. The summed E-state index contributed by atoms with van der Waals surface area (Å²) in [5, 5.41) is 6.56. The highest BCUT2D eigenvalue weighted by Gasteiger charge is 2.09. The number of halogens is 1. The van der Waals surface area contributed by atoms with Gasteiger partial charge in [0.1, 0.15) is 0 Å². The number of hydrogen-bond acceptors (Lipinski definition) is 3. The molecule has 102 valence electrons. The zero-order chi connectivity index (χ0) is 11.6. The fourth-order valence-corrected chi connectivity index (χ4v) is 1.62. The lowest BCUT2D eigenvalue weighted by molar-refractivity contribution is 0.0389. The molecule has 0 atom stereocenters. The molecule has 1 fully saturated rings. The van der Waals surface area contributed by atoms with E-state index in [4.69, 9.17) is 4.74 Å². The van der Waals surface area contributed by atoms with Crippen molar-refractivity contribution in [1.82, 2.24) is 15.5 Å². The summed E-state index contributed by atoms with van der Waals surface area (Å²) in [6, 6.07) is 0. The number of guanidine groups is 1. The molecule has 17 heavy (non-hydrogen) atoms. The molecule has 1 rings (SSSR count). The summed E-state index contributed by atoms with van der Waals surface area (Å²) in [7, 11) is 1.81. The quantitative estimate of drug-likeness (QED) is 0.428. The van der Waals surface area contributed by atoms with E-state index >= 15 is 0 Å². The van der Waals surface area contributed by atoms with Gasteiger partial charge in [-0.1, -0.05) is 6.92 Å². The van der Waals surface area contributed by atoms with Gasteiger partial charge in [-0.25, -0.2) is 0 Å². The number of rotatable bonds is 5. The fraction of sp³-hybridized carbons (Fsp3) is 0.909. The van der Waals surface area contributed by atoms with E-state index in [0.29, 0.717) is 0 Å². The van der Waals surface area contributed by atoms with Crippen molar-refractivity contribution in [2.75, 3.05) is 53.0 Å². The first kappa shape index (κ1) is 16.9. The number of morpholine rings is 1. The van der Waals surface area contributed by atoms with Crippen LogP contribution in [-0.4, -0.2) is 63.8 Å². The number of nitrogens with zero attached hydrogens (tertiary/aromatic N) is 2. The monoisotopic (exact) mass is 356 g/mol. The van der Waals surface area contributed by atoms with Gasteiger partial charge >= 0.3 is 0 Å². The lowest BCUT2D eigenvalue weighted by Crippen LogP contribution is -2.44. The van der Waals surface area contributed by atoms with Gasteiger partial charge in [0.2, 0.25) is 0 Å². The summed E-state index contributed by atoms with van der Waals surface area (Å²) in [6.07, 6.45) is 1.12. The number of aliphatic imine (C=N–C) groups is 1. The summed E-state index contributed by atoms with van der Waals surface area (Å²) in [4.78, 5) is 6.57. The van der Waals surface area contributed by atoms with E-state index < -0.39 is 0 Å². The Bertz CT molecular complexity index is 208. The molecule has 5 nitrogen and oxygen atoms in total. The molecular weight excluding hydrogens is 331 g/mol. The predicted octanol–water partition coefficient (Wildman–Crippen LogP) is 0.512. The van der Waals surface area contributed by atoms with Gasteiger partial charge < -0.3 is 15.4 Å². The maximum Gasteiger partial charge on any atom is 0.191 e. The van der Waals surface area contributed by atoms with Crippen LogP contribution in [0.15, 0.2) is 4.99 Å². The van der Waals surface area contributed by atoms with Crippen LogP contribution in [0.2, 0.25) is 0 Å². The van der Waals surface area contributed by atoms with Crippen molar-refractivity contribution in [3.05, 3.63) is 0 Å². The zero-order valence-electron chi connectivity index (χ0n) is 10.9. The Morgan fingerprint density at radius 2 is 1.88 bits per heavy atom. The van der Waals surface area contributed by atoms with E-state index in [2.05, 4.69) is 27.4 Å². The standard InChI is InChI=1S/C11H24N4O.HI/c1-3-4-13-11(12-2)14-5-6-15-7-9-16-10-8-15;/h3-10H2,1-2H3,(H2,12,13,14);1H. The molecule has 1 aliphatic rings. The van der Waals surface area contributed by atoms with E-state index in [1.807, 2.05) is 0 Å². The van der Waals surface area contributed by atoms with Crippen LogP contribution in [0, 0.1) is 0 Å². The summed E-state index contributed by atoms with van der Waals surface area (Å²) in [5.74, 6) is 0.898. The summed E-state index contributed by atoms with van der Waals surface area (Å²) < 4.78 is 5.30. The molecule has 0 unspecified atom stereocenters. The molecule has 1 heterocycles. The molecule has 0 radical (unpaired) electrons. The van der Waals surface area contributed by atoms with E-state index in [0.717, 1.165) is 58.3 Å². The minimum Gasteiger partial charge on any atom is -0.379 e. The van der Waals surface area contributed by atoms with Crippen molar-refractivity contribution in [2.45, 2.75) is 13.3 Å². The van der Waals surface area contributed by atoms with E-state index in [9.17, 15) is 0 Å². The van der Waals surface area contributed by atoms with Gasteiger partial charge in [0.15, 0.2) is 5.96 Å². The van der Waals surface area contributed by atoms with Crippen LogP contribution in [0.1, 0.15) is 13.3 Å². The summed E-state index contributed by atoms with van der Waals surface area (Å²) in [6.45, 7) is 8.92. The summed E-state index contributed by atoms with van der Waals surface area (Å²) >= 11 is 0. The van der Waals surface area contributed by atoms with Crippen LogP contribution in [0.25, 0.3) is 0 Å². The smallest absolute Gasteiger partial charge is 0.191 e. The Morgan fingerprint density at radius 1 is 1.24 bits per heavy atom. The highest BCUT2D eigenvalue weighted by Crippen LogP contribution is 1.94. The molecule has 1 saturated heterocycles. The highest BCUT2D eigenvalue weighted by atomic mass is 127. The Balaban J connectivity index is 0.00000256. The molecule has 0 aromatic carbocycles. The summed E-state index contributed by atoms with van der Waals surface area (Å²) in [5.41, 5.74) is 0. The molecule has 0 aromatic heterocycles. The van der Waals surface area contributed by atoms with Crippen molar-refractivity contribution in [3.63, 3.8) is 0 Å². The van der Waals surface area contributed by atoms with Gasteiger partial charge in [-0.3, -0.25) is 9.89 Å². The van der Waals surface area contributed by atoms with Gasteiger partial charge in [0.25, 0.3) is 0 Å². The van der Waals surface area contributed by atoms with Crippen molar-refractivity contribution in [3.8, 4) is 0 Å². The average molecular weight is 356 g/mol. The molecule has 0 aromatic rings. The Hall–Kier alpha value is -0.0800. The molecular formula is C11H25IN4O. The normalized spacial score (nSPS) is 17.4. The predicted molar refractivity (Wildman–Crippen MR) is 82.3 cm³/mol. The van der Waals surface area contributed by atoms with Crippen LogP contribution in [-0.2, 0) is 4.74 Å². The first-order chi connectivity index (χ1) is 7.86. The van der Waals surface area contributed by atoms with Crippen LogP contribution in [0.3, 0.4) is 0 Å². The van der Waals surface area contributed by atoms with E-state index in [-0.39, 0.29) is 24.0 Å². The van der Waals surface area contributed by atoms with Crippen molar-refractivity contribution >= 4 is 29.9 Å². The van der Waals surface area contributed by atoms with Crippen LogP contribution in [0.4, 0.5) is 0 Å². The second-order valence-corrected chi connectivity index (χ2v) is 3.88. The highest BCUT2D eigenvalue weighted by molar-refractivity contribution is 14.0. The third kappa shape index (κ3) is 7.77. The zero-order valence-corrected chi connectivity index (χ0v) is 13.2. The Kier molecular flexibility index (Phi) is 11.0. The molecule has 6 heteroatoms. The van der Waals surface area contributed by atoms with Gasteiger partial charge in [-0.2, -0.15) is 0 Å². The topological polar surface area (TPSA) is 48.9 Å². The van der Waals surface area contributed by atoms with Crippen molar-refractivity contribution < 1.29 is 4.74 Å². The number of nitrogens with one attached hydrogen (secondary N) is 2. The maximum atomic E-state index is 5.30. The van der Waals surface area contributed by atoms with Gasteiger partial charge in [-0.15, -0.1) is 24.0 Å². The number of ether oxygens (including phenoxy) is 1. The second-order valence-electron chi connectivity index (χ2n) is 3.88. The SMILES string of the molecule is CCCNC(=NC)NCCN1CCOCC1.I. The average Bonchev–Trinajstić information content (AvgIpc) is 2.35. The third-order valence-corrected chi connectivity index (χ3v) is 2.59. The fourth-order valence-electron chi connectivity index (χ4n) is 1.62. The van der Waals surface area contributed by atoms with E-state index in [1.165, 1.54) is 0 Å². The van der Waals surface area contributed by atoms with Crippen LogP contribution < -0.4 is 10.6 Å². The van der Waals surface area contributed by atoms with Gasteiger partial charge in [-0.05, 0) is 6.42 Å². The molecule has 0 amide bonds. The van der Waals surface area contributed by atoms with Gasteiger partial charge in [0, 0.05) is 39.8 Å². The Morgan fingerprint density at radius 3 is 2.47 bits per heavy atom.